The average molecular weight is 170 g/mol. The van der Waals surface area contributed by atoms with E-state index in [-0.39, 0.29) is 5.92 Å². The van der Waals surface area contributed by atoms with Gasteiger partial charge < -0.3 is 5.32 Å². The van der Waals surface area contributed by atoms with E-state index < -0.39 is 6.23 Å². The quantitative estimate of drug-likeness (QED) is 0.389. The third-order valence-electron chi connectivity index (χ3n) is 2.56. The Morgan fingerprint density at radius 3 is 2.25 bits per heavy atom. The lowest BCUT2D eigenvalue weighted by Crippen LogP contribution is -2.33. The summed E-state index contributed by atoms with van der Waals surface area (Å²) in [6, 6.07) is 0. The fourth-order valence-corrected chi connectivity index (χ4v) is 1.82. The van der Waals surface area contributed by atoms with E-state index in [1.165, 1.54) is 12.8 Å². The fraction of sp³-hybridized carbons (Fsp3) is 0.889. The minimum Gasteiger partial charge on any atom is -0.331 e. The first kappa shape index (κ1) is 9.52. The molecule has 1 unspecified atom stereocenters. The van der Waals surface area contributed by atoms with Crippen LogP contribution < -0.4 is 5.32 Å². The molecule has 0 aromatic heterocycles. The van der Waals surface area contributed by atoms with Crippen molar-refractivity contribution in [3.63, 3.8) is 0 Å². The van der Waals surface area contributed by atoms with Gasteiger partial charge in [-0.25, -0.2) is 5.11 Å². The SMILES string of the molecule is [O]C(NC=O)C1CCCCCC1. The van der Waals surface area contributed by atoms with Gasteiger partial charge in [0.05, 0.1) is 0 Å². The highest BCUT2D eigenvalue weighted by molar-refractivity contribution is 5.46. The molecular formula is C9H16NO2. The first-order valence-electron chi connectivity index (χ1n) is 4.70. The van der Waals surface area contributed by atoms with Gasteiger partial charge in [-0.15, -0.1) is 0 Å². The van der Waals surface area contributed by atoms with Crippen LogP contribution in [-0.4, -0.2) is 12.6 Å². The molecule has 3 heteroatoms. The van der Waals surface area contributed by atoms with Crippen LogP contribution in [0.2, 0.25) is 0 Å². The predicted molar refractivity (Wildman–Crippen MR) is 44.9 cm³/mol. The second kappa shape index (κ2) is 5.14. The van der Waals surface area contributed by atoms with Crippen molar-refractivity contribution in [2.45, 2.75) is 44.8 Å². The first-order chi connectivity index (χ1) is 5.84. The zero-order valence-electron chi connectivity index (χ0n) is 7.29. The maximum Gasteiger partial charge on any atom is 0.209 e. The summed E-state index contributed by atoms with van der Waals surface area (Å²) in [6.07, 6.45) is 6.37. The van der Waals surface area contributed by atoms with Crippen LogP contribution in [0.4, 0.5) is 0 Å². The third-order valence-corrected chi connectivity index (χ3v) is 2.56. The number of carbonyl (C=O) groups is 1. The van der Waals surface area contributed by atoms with Gasteiger partial charge in [-0.2, -0.15) is 0 Å². The highest BCUT2D eigenvalue weighted by Gasteiger charge is 2.20. The number of nitrogens with one attached hydrogen (secondary N) is 1. The highest BCUT2D eigenvalue weighted by atomic mass is 16.3. The van der Waals surface area contributed by atoms with Gasteiger partial charge in [-0.1, -0.05) is 25.7 Å². The van der Waals surface area contributed by atoms with Gasteiger partial charge in [0, 0.05) is 5.92 Å². The molecule has 12 heavy (non-hydrogen) atoms. The number of carbonyl (C=O) groups excluding carboxylic acids is 1. The molecule has 0 heterocycles. The van der Waals surface area contributed by atoms with Crippen molar-refractivity contribution < 1.29 is 9.90 Å². The van der Waals surface area contributed by atoms with Crippen LogP contribution >= 0.6 is 0 Å². The normalized spacial score (nSPS) is 22.8. The lowest BCUT2D eigenvalue weighted by molar-refractivity contribution is -0.115. The number of hydrogen-bond acceptors (Lipinski definition) is 1. The van der Waals surface area contributed by atoms with E-state index in [0.29, 0.717) is 6.41 Å². The second-order valence-corrected chi connectivity index (χ2v) is 3.46. The van der Waals surface area contributed by atoms with Crippen LogP contribution in [0.5, 0.6) is 0 Å². The molecule has 1 radical (unpaired) electrons. The summed E-state index contributed by atoms with van der Waals surface area (Å²) in [5.41, 5.74) is 0. The van der Waals surface area contributed by atoms with Crippen molar-refractivity contribution in [1.82, 2.24) is 5.32 Å². The summed E-state index contributed by atoms with van der Waals surface area (Å²) < 4.78 is 0. The van der Waals surface area contributed by atoms with Crippen molar-refractivity contribution in [3.05, 3.63) is 0 Å². The molecule has 0 aromatic carbocycles. The summed E-state index contributed by atoms with van der Waals surface area (Å²) in [6.45, 7) is 0. The van der Waals surface area contributed by atoms with Gasteiger partial charge in [-0.3, -0.25) is 4.79 Å². The molecular weight excluding hydrogens is 154 g/mol. The molecule has 3 nitrogen and oxygen atoms in total. The van der Waals surface area contributed by atoms with Crippen LogP contribution in [0.3, 0.4) is 0 Å². The van der Waals surface area contributed by atoms with Gasteiger partial charge >= 0.3 is 0 Å². The number of hydrogen-bond donors (Lipinski definition) is 1. The van der Waals surface area contributed by atoms with Gasteiger partial charge in [0.15, 0.2) is 6.23 Å². The van der Waals surface area contributed by atoms with E-state index in [2.05, 4.69) is 5.32 Å². The molecule has 1 atom stereocenters. The van der Waals surface area contributed by atoms with E-state index in [0.717, 1.165) is 25.7 Å². The minimum absolute atomic E-state index is 0.165. The summed E-state index contributed by atoms with van der Waals surface area (Å²) in [7, 11) is 0. The van der Waals surface area contributed by atoms with E-state index in [4.69, 9.17) is 0 Å². The highest BCUT2D eigenvalue weighted by Crippen LogP contribution is 2.24. The smallest absolute Gasteiger partial charge is 0.209 e. The van der Waals surface area contributed by atoms with Gasteiger partial charge in [-0.05, 0) is 12.8 Å². The van der Waals surface area contributed by atoms with Crippen LogP contribution in [0.1, 0.15) is 38.5 Å². The fourth-order valence-electron chi connectivity index (χ4n) is 1.82. The standard InChI is InChI=1S/C9H16NO2/c11-7-10-9(12)8-5-3-1-2-4-6-8/h7-9H,1-6H2,(H,10,11). The molecule has 1 aliphatic carbocycles. The molecule has 1 amide bonds. The Hall–Kier alpha value is -0.570. The van der Waals surface area contributed by atoms with Crippen molar-refractivity contribution >= 4 is 6.41 Å². The molecule has 1 N–H and O–H groups in total. The van der Waals surface area contributed by atoms with Crippen LogP contribution in [0, 0.1) is 5.92 Å². The zero-order valence-corrected chi connectivity index (χ0v) is 7.29. The van der Waals surface area contributed by atoms with Crippen molar-refractivity contribution in [1.29, 1.82) is 0 Å². The lowest BCUT2D eigenvalue weighted by atomic mass is 9.99. The molecule has 69 valence electrons. The topological polar surface area (TPSA) is 49.0 Å². The van der Waals surface area contributed by atoms with Crippen LogP contribution in [0.15, 0.2) is 0 Å². The molecule has 1 fully saturated rings. The molecule has 1 rings (SSSR count). The second-order valence-electron chi connectivity index (χ2n) is 3.46. The Morgan fingerprint density at radius 1 is 1.17 bits per heavy atom. The largest absolute Gasteiger partial charge is 0.331 e. The predicted octanol–water partition coefficient (Wildman–Crippen LogP) is 1.46. The molecule has 0 aliphatic heterocycles. The Kier molecular flexibility index (Phi) is 4.08. The molecule has 0 spiro atoms. The molecule has 0 aromatic rings. The van der Waals surface area contributed by atoms with Crippen LogP contribution in [-0.2, 0) is 9.90 Å². The van der Waals surface area contributed by atoms with E-state index >= 15 is 0 Å². The summed E-state index contributed by atoms with van der Waals surface area (Å²) >= 11 is 0. The Bertz CT molecular complexity index is 130. The van der Waals surface area contributed by atoms with Crippen molar-refractivity contribution in [3.8, 4) is 0 Å². The van der Waals surface area contributed by atoms with Gasteiger partial charge in [0.2, 0.25) is 6.41 Å². The number of rotatable bonds is 3. The zero-order chi connectivity index (χ0) is 8.81. The third kappa shape index (κ3) is 2.81. The Balaban J connectivity index is 2.31. The molecule has 1 aliphatic rings. The van der Waals surface area contributed by atoms with E-state index in [1.54, 1.807) is 0 Å². The molecule has 0 bridgehead atoms. The van der Waals surface area contributed by atoms with Crippen molar-refractivity contribution in [2.75, 3.05) is 0 Å². The van der Waals surface area contributed by atoms with Gasteiger partial charge in [0.25, 0.3) is 0 Å². The van der Waals surface area contributed by atoms with E-state index in [9.17, 15) is 9.90 Å². The van der Waals surface area contributed by atoms with Crippen molar-refractivity contribution in [2.24, 2.45) is 5.92 Å². The molecule has 1 saturated carbocycles. The Morgan fingerprint density at radius 2 is 1.75 bits per heavy atom. The lowest BCUT2D eigenvalue weighted by Gasteiger charge is -2.17. The summed E-state index contributed by atoms with van der Waals surface area (Å²) in [5, 5.41) is 13.6. The molecule has 0 saturated heterocycles. The van der Waals surface area contributed by atoms with Gasteiger partial charge in [0.1, 0.15) is 0 Å². The average Bonchev–Trinajstić information content (AvgIpc) is 2.32. The summed E-state index contributed by atoms with van der Waals surface area (Å²) in [4.78, 5) is 10.0. The minimum atomic E-state index is -0.874. The first-order valence-corrected chi connectivity index (χ1v) is 4.70. The number of amides is 1. The summed E-state index contributed by atoms with van der Waals surface area (Å²) in [5.74, 6) is 0.165. The Labute approximate surface area is 73.2 Å². The monoisotopic (exact) mass is 170 g/mol. The van der Waals surface area contributed by atoms with E-state index in [1.807, 2.05) is 0 Å². The maximum absolute atomic E-state index is 11.3. The maximum atomic E-state index is 11.3. The van der Waals surface area contributed by atoms with Crippen LogP contribution in [0.25, 0.3) is 0 Å².